The van der Waals surface area contributed by atoms with Crippen molar-refractivity contribution in [3.63, 3.8) is 0 Å². The summed E-state index contributed by atoms with van der Waals surface area (Å²) >= 11 is 0. The summed E-state index contributed by atoms with van der Waals surface area (Å²) in [7, 11) is 5.32. The number of nitrogens with one attached hydrogen (secondary N) is 2. The van der Waals surface area contributed by atoms with E-state index >= 15 is 0 Å². The predicted octanol–water partition coefficient (Wildman–Crippen LogP) is 2.08. The molecule has 3 rings (SSSR count). The number of rotatable bonds is 8. The monoisotopic (exact) mass is 426 g/mol. The molecule has 0 atom stereocenters. The highest BCUT2D eigenvalue weighted by molar-refractivity contribution is 6.06. The molecule has 1 aliphatic heterocycles. The van der Waals surface area contributed by atoms with Crippen molar-refractivity contribution in [2.45, 2.75) is 0 Å². The molecule has 2 N–H and O–H groups in total. The fraction of sp³-hybridized carbons (Fsp3) is 0.391. The van der Waals surface area contributed by atoms with Crippen LogP contribution in [0, 0.1) is 0 Å². The van der Waals surface area contributed by atoms with Gasteiger partial charge in [-0.1, -0.05) is 6.07 Å². The first-order chi connectivity index (χ1) is 15.0. The molecule has 0 radical (unpaired) electrons. The molecule has 0 aliphatic carbocycles. The zero-order valence-electron chi connectivity index (χ0n) is 18.3. The Bertz CT molecular complexity index is 910. The molecule has 1 heterocycles. The number of carbonyl (C=O) groups is 2. The summed E-state index contributed by atoms with van der Waals surface area (Å²) in [6.45, 7) is 4.54. The Balaban J connectivity index is 1.69. The fourth-order valence-electron chi connectivity index (χ4n) is 3.40. The van der Waals surface area contributed by atoms with Gasteiger partial charge in [0.25, 0.3) is 11.8 Å². The molecule has 0 bridgehead atoms. The maximum atomic E-state index is 12.9. The number of anilines is 2. The smallest absolute Gasteiger partial charge is 0.255 e. The molecule has 8 nitrogen and oxygen atoms in total. The van der Waals surface area contributed by atoms with Crippen LogP contribution in [0.4, 0.5) is 11.4 Å². The Kier molecular flexibility index (Phi) is 7.86. The van der Waals surface area contributed by atoms with Gasteiger partial charge < -0.3 is 25.0 Å². The second-order valence-electron chi connectivity index (χ2n) is 7.52. The third-order valence-corrected chi connectivity index (χ3v) is 5.13. The lowest BCUT2D eigenvalue weighted by Gasteiger charge is -2.26. The average molecular weight is 427 g/mol. The van der Waals surface area contributed by atoms with E-state index in [4.69, 9.17) is 9.47 Å². The number of benzene rings is 2. The van der Waals surface area contributed by atoms with Crippen molar-refractivity contribution in [3.8, 4) is 5.75 Å². The highest BCUT2D eigenvalue weighted by Crippen LogP contribution is 2.24. The Labute approximate surface area is 183 Å². The van der Waals surface area contributed by atoms with Crippen LogP contribution in [-0.4, -0.2) is 77.3 Å². The lowest BCUT2D eigenvalue weighted by Crippen LogP contribution is -2.41. The van der Waals surface area contributed by atoms with Crippen molar-refractivity contribution >= 4 is 23.2 Å². The topological polar surface area (TPSA) is 83.1 Å². The van der Waals surface area contributed by atoms with E-state index in [2.05, 4.69) is 15.5 Å². The van der Waals surface area contributed by atoms with Crippen LogP contribution in [0.15, 0.2) is 42.5 Å². The van der Waals surface area contributed by atoms with Gasteiger partial charge in [0.2, 0.25) is 0 Å². The lowest BCUT2D eigenvalue weighted by molar-refractivity contribution is 0.0383. The Morgan fingerprint density at radius 2 is 1.87 bits per heavy atom. The van der Waals surface area contributed by atoms with Gasteiger partial charge in [-0.3, -0.25) is 14.5 Å². The summed E-state index contributed by atoms with van der Waals surface area (Å²) in [6, 6.07) is 12.2. The normalized spacial score (nSPS) is 14.0. The van der Waals surface area contributed by atoms with Crippen LogP contribution in [-0.2, 0) is 4.74 Å². The number of nitrogens with zero attached hydrogens (tertiary/aromatic N) is 2. The number of ether oxygens (including phenoxy) is 2. The van der Waals surface area contributed by atoms with E-state index in [0.717, 1.165) is 38.5 Å². The van der Waals surface area contributed by atoms with Gasteiger partial charge in [-0.15, -0.1) is 0 Å². The third-order valence-electron chi connectivity index (χ3n) is 5.13. The van der Waals surface area contributed by atoms with Crippen LogP contribution in [0.5, 0.6) is 5.75 Å². The Morgan fingerprint density at radius 3 is 2.58 bits per heavy atom. The first-order valence-corrected chi connectivity index (χ1v) is 10.3. The quantitative estimate of drug-likeness (QED) is 0.673. The zero-order valence-corrected chi connectivity index (χ0v) is 18.3. The van der Waals surface area contributed by atoms with Gasteiger partial charge in [0.05, 0.1) is 25.9 Å². The molecule has 0 saturated carbocycles. The second kappa shape index (κ2) is 10.8. The standard InChI is InChI=1S/C23H30N4O4/c1-26(2)21-8-7-18(25-22(28)17-5-4-6-19(15-17)30-3)16-20(21)23(29)24-9-10-27-11-13-31-14-12-27/h4-8,15-16H,9-14H2,1-3H3,(H,24,29)(H,25,28). The third kappa shape index (κ3) is 6.19. The molecule has 31 heavy (non-hydrogen) atoms. The van der Waals surface area contributed by atoms with Gasteiger partial charge in [0.1, 0.15) is 5.75 Å². The number of methoxy groups -OCH3 is 1. The van der Waals surface area contributed by atoms with Gasteiger partial charge in [-0.05, 0) is 36.4 Å². The Hall–Kier alpha value is -3.10. The van der Waals surface area contributed by atoms with E-state index in [1.54, 1.807) is 43.5 Å². The fourth-order valence-corrected chi connectivity index (χ4v) is 3.40. The minimum absolute atomic E-state index is 0.172. The molecular weight excluding hydrogens is 396 g/mol. The van der Waals surface area contributed by atoms with Crippen LogP contribution in [0.1, 0.15) is 20.7 Å². The molecule has 1 aliphatic rings. The molecule has 2 aromatic rings. The molecule has 8 heteroatoms. The van der Waals surface area contributed by atoms with Crippen LogP contribution < -0.4 is 20.3 Å². The molecule has 0 aromatic heterocycles. The summed E-state index contributed by atoms with van der Waals surface area (Å²) in [5.41, 5.74) is 2.32. The summed E-state index contributed by atoms with van der Waals surface area (Å²) in [4.78, 5) is 29.7. The highest BCUT2D eigenvalue weighted by atomic mass is 16.5. The maximum absolute atomic E-state index is 12.9. The maximum Gasteiger partial charge on any atom is 0.255 e. The summed E-state index contributed by atoms with van der Waals surface area (Å²) in [5.74, 6) is 0.167. The first kappa shape index (κ1) is 22.6. The van der Waals surface area contributed by atoms with Crippen molar-refractivity contribution in [2.24, 2.45) is 0 Å². The molecule has 0 spiro atoms. The number of hydrogen-bond acceptors (Lipinski definition) is 6. The average Bonchev–Trinajstić information content (AvgIpc) is 2.79. The molecule has 1 fully saturated rings. The summed E-state index contributed by atoms with van der Waals surface area (Å²) in [5, 5.41) is 5.86. The van der Waals surface area contributed by atoms with Crippen LogP contribution in [0.25, 0.3) is 0 Å². The molecular formula is C23H30N4O4. The van der Waals surface area contributed by atoms with E-state index in [1.807, 2.05) is 25.1 Å². The Morgan fingerprint density at radius 1 is 1.10 bits per heavy atom. The van der Waals surface area contributed by atoms with E-state index in [0.29, 0.717) is 29.1 Å². The number of morpholine rings is 1. The number of carbonyl (C=O) groups excluding carboxylic acids is 2. The molecule has 0 unspecified atom stereocenters. The zero-order chi connectivity index (χ0) is 22.2. The van der Waals surface area contributed by atoms with Crippen molar-refractivity contribution < 1.29 is 19.1 Å². The SMILES string of the molecule is COc1cccc(C(=O)Nc2ccc(N(C)C)c(C(=O)NCCN3CCOCC3)c2)c1. The molecule has 166 valence electrons. The largest absolute Gasteiger partial charge is 0.497 e. The van der Waals surface area contributed by atoms with Gasteiger partial charge in [0.15, 0.2) is 0 Å². The van der Waals surface area contributed by atoms with Gasteiger partial charge in [-0.2, -0.15) is 0 Å². The van der Waals surface area contributed by atoms with Gasteiger partial charge in [-0.25, -0.2) is 0 Å². The number of amides is 2. The summed E-state index contributed by atoms with van der Waals surface area (Å²) in [6.07, 6.45) is 0. The van der Waals surface area contributed by atoms with Crippen LogP contribution in [0.3, 0.4) is 0 Å². The van der Waals surface area contributed by atoms with E-state index < -0.39 is 0 Å². The molecule has 2 aromatic carbocycles. The van der Waals surface area contributed by atoms with Crippen molar-refractivity contribution in [1.29, 1.82) is 0 Å². The van der Waals surface area contributed by atoms with Crippen molar-refractivity contribution in [2.75, 3.05) is 70.8 Å². The summed E-state index contributed by atoms with van der Waals surface area (Å²) < 4.78 is 10.5. The highest BCUT2D eigenvalue weighted by Gasteiger charge is 2.16. The van der Waals surface area contributed by atoms with Crippen LogP contribution in [0.2, 0.25) is 0 Å². The van der Waals surface area contributed by atoms with E-state index in [-0.39, 0.29) is 11.8 Å². The lowest BCUT2D eigenvalue weighted by atomic mass is 10.1. The van der Waals surface area contributed by atoms with E-state index in [1.165, 1.54) is 0 Å². The van der Waals surface area contributed by atoms with Crippen molar-refractivity contribution in [3.05, 3.63) is 53.6 Å². The van der Waals surface area contributed by atoms with Crippen molar-refractivity contribution in [1.82, 2.24) is 10.2 Å². The molecule has 2 amide bonds. The predicted molar refractivity (Wildman–Crippen MR) is 121 cm³/mol. The minimum Gasteiger partial charge on any atom is -0.497 e. The van der Waals surface area contributed by atoms with Crippen LogP contribution >= 0.6 is 0 Å². The molecule has 1 saturated heterocycles. The first-order valence-electron chi connectivity index (χ1n) is 10.3. The van der Waals surface area contributed by atoms with Gasteiger partial charge in [0, 0.05) is 57.2 Å². The van der Waals surface area contributed by atoms with Gasteiger partial charge >= 0.3 is 0 Å². The number of hydrogen-bond donors (Lipinski definition) is 2. The van der Waals surface area contributed by atoms with E-state index in [9.17, 15) is 9.59 Å². The second-order valence-corrected chi connectivity index (χ2v) is 7.52. The minimum atomic E-state index is -0.268.